The van der Waals surface area contributed by atoms with Gasteiger partial charge in [0.25, 0.3) is 0 Å². The number of aromatic nitrogens is 4. The third-order valence-electron chi connectivity index (χ3n) is 2.80. The van der Waals surface area contributed by atoms with Crippen molar-refractivity contribution < 1.29 is 9.90 Å². The van der Waals surface area contributed by atoms with Gasteiger partial charge in [-0.25, -0.2) is 4.68 Å². The second-order valence-electron chi connectivity index (χ2n) is 4.24. The van der Waals surface area contributed by atoms with Crippen LogP contribution in [0.2, 0.25) is 0 Å². The van der Waals surface area contributed by atoms with Crippen LogP contribution in [0.15, 0.2) is 5.16 Å². The standard InChI is InChI=1S/C11H20N4O2S/c1-3-5-6-9(4-2)7-15-11(12-13-14-15)18-8-10(16)17/h9H,3-8H2,1-2H3,(H,16,17). The normalized spacial score (nSPS) is 12.6. The van der Waals surface area contributed by atoms with Crippen LogP contribution in [0.4, 0.5) is 0 Å². The van der Waals surface area contributed by atoms with Gasteiger partial charge in [0.15, 0.2) is 0 Å². The Morgan fingerprint density at radius 1 is 1.50 bits per heavy atom. The molecule has 1 rings (SSSR count). The summed E-state index contributed by atoms with van der Waals surface area (Å²) < 4.78 is 1.72. The molecule has 1 heterocycles. The molecule has 0 aliphatic rings. The third-order valence-corrected chi connectivity index (χ3v) is 3.74. The van der Waals surface area contributed by atoms with Crippen molar-refractivity contribution in [3.8, 4) is 0 Å². The fourth-order valence-electron chi connectivity index (χ4n) is 1.70. The van der Waals surface area contributed by atoms with Gasteiger partial charge in [0, 0.05) is 6.54 Å². The lowest BCUT2D eigenvalue weighted by Crippen LogP contribution is -2.13. The van der Waals surface area contributed by atoms with Crippen LogP contribution in [0.1, 0.15) is 39.5 Å². The molecule has 0 aromatic carbocycles. The SMILES string of the molecule is CCCCC(CC)Cn1nnnc1SCC(=O)O. The van der Waals surface area contributed by atoms with E-state index >= 15 is 0 Å². The van der Waals surface area contributed by atoms with Crippen LogP contribution in [-0.4, -0.2) is 37.0 Å². The predicted octanol–water partition coefficient (Wildman–Crippen LogP) is 2.07. The van der Waals surface area contributed by atoms with E-state index in [0.717, 1.165) is 19.4 Å². The molecule has 7 heteroatoms. The molecule has 0 bridgehead atoms. The molecular weight excluding hydrogens is 252 g/mol. The zero-order valence-corrected chi connectivity index (χ0v) is 11.7. The number of aliphatic carboxylic acids is 1. The highest BCUT2D eigenvalue weighted by atomic mass is 32.2. The minimum absolute atomic E-state index is 0.00781. The molecule has 0 fully saturated rings. The number of hydrogen-bond donors (Lipinski definition) is 1. The van der Waals surface area contributed by atoms with Crippen LogP contribution in [0.5, 0.6) is 0 Å². The van der Waals surface area contributed by atoms with E-state index in [-0.39, 0.29) is 5.75 Å². The van der Waals surface area contributed by atoms with E-state index in [9.17, 15) is 4.79 Å². The molecular formula is C11H20N4O2S. The summed E-state index contributed by atoms with van der Waals surface area (Å²) in [7, 11) is 0. The van der Waals surface area contributed by atoms with E-state index in [4.69, 9.17) is 5.11 Å². The molecule has 0 aliphatic heterocycles. The molecule has 0 spiro atoms. The highest BCUT2D eigenvalue weighted by Gasteiger charge is 2.13. The van der Waals surface area contributed by atoms with Crippen molar-refractivity contribution in [1.29, 1.82) is 0 Å². The Bertz CT molecular complexity index is 370. The maximum absolute atomic E-state index is 10.5. The minimum atomic E-state index is -0.854. The Morgan fingerprint density at radius 3 is 2.89 bits per heavy atom. The molecule has 1 aromatic heterocycles. The van der Waals surface area contributed by atoms with Gasteiger partial charge in [-0.3, -0.25) is 4.79 Å². The van der Waals surface area contributed by atoms with Crippen LogP contribution >= 0.6 is 11.8 Å². The van der Waals surface area contributed by atoms with E-state index in [1.165, 1.54) is 24.6 Å². The largest absolute Gasteiger partial charge is 0.481 e. The van der Waals surface area contributed by atoms with Crippen molar-refractivity contribution >= 4 is 17.7 Å². The maximum atomic E-state index is 10.5. The summed E-state index contributed by atoms with van der Waals surface area (Å²) in [6.07, 6.45) is 4.64. The number of thioether (sulfide) groups is 1. The summed E-state index contributed by atoms with van der Waals surface area (Å²) in [5, 5.41) is 20.6. The van der Waals surface area contributed by atoms with Crippen molar-refractivity contribution in [2.45, 2.75) is 51.2 Å². The summed E-state index contributed by atoms with van der Waals surface area (Å²) in [5.74, 6) is -0.309. The van der Waals surface area contributed by atoms with Gasteiger partial charge in [0.2, 0.25) is 5.16 Å². The molecule has 1 atom stereocenters. The Kier molecular flexibility index (Phi) is 6.70. The molecule has 0 amide bonds. The van der Waals surface area contributed by atoms with Crippen molar-refractivity contribution in [2.24, 2.45) is 5.92 Å². The lowest BCUT2D eigenvalue weighted by molar-refractivity contribution is -0.133. The van der Waals surface area contributed by atoms with E-state index in [2.05, 4.69) is 29.4 Å². The Balaban J connectivity index is 2.54. The first-order chi connectivity index (χ1) is 8.67. The molecule has 0 saturated heterocycles. The predicted molar refractivity (Wildman–Crippen MR) is 69.5 cm³/mol. The fraction of sp³-hybridized carbons (Fsp3) is 0.818. The molecule has 18 heavy (non-hydrogen) atoms. The van der Waals surface area contributed by atoms with Gasteiger partial charge in [-0.05, 0) is 22.8 Å². The third kappa shape index (κ3) is 5.03. The van der Waals surface area contributed by atoms with Gasteiger partial charge < -0.3 is 5.11 Å². The topological polar surface area (TPSA) is 80.9 Å². The highest BCUT2D eigenvalue weighted by molar-refractivity contribution is 7.99. The van der Waals surface area contributed by atoms with E-state index in [1.807, 2.05) is 0 Å². The van der Waals surface area contributed by atoms with Gasteiger partial charge in [0.1, 0.15) is 0 Å². The Hall–Kier alpha value is -1.11. The molecule has 1 unspecified atom stereocenters. The van der Waals surface area contributed by atoms with Gasteiger partial charge in [-0.15, -0.1) is 5.10 Å². The van der Waals surface area contributed by atoms with Gasteiger partial charge >= 0.3 is 5.97 Å². The van der Waals surface area contributed by atoms with E-state index in [0.29, 0.717) is 11.1 Å². The molecule has 0 saturated carbocycles. The maximum Gasteiger partial charge on any atom is 0.313 e. The summed E-state index contributed by atoms with van der Waals surface area (Å²) in [4.78, 5) is 10.5. The van der Waals surface area contributed by atoms with Crippen LogP contribution in [0.25, 0.3) is 0 Å². The van der Waals surface area contributed by atoms with Crippen molar-refractivity contribution in [2.75, 3.05) is 5.75 Å². The number of carboxylic acids is 1. The summed E-state index contributed by atoms with van der Waals surface area (Å²) in [5.41, 5.74) is 0. The van der Waals surface area contributed by atoms with Crippen LogP contribution in [0.3, 0.4) is 0 Å². The number of nitrogens with zero attached hydrogens (tertiary/aromatic N) is 4. The number of rotatable bonds is 9. The van der Waals surface area contributed by atoms with E-state index < -0.39 is 5.97 Å². The Labute approximate surface area is 111 Å². The lowest BCUT2D eigenvalue weighted by atomic mass is 10.00. The smallest absolute Gasteiger partial charge is 0.313 e. The number of hydrogen-bond acceptors (Lipinski definition) is 5. The monoisotopic (exact) mass is 272 g/mol. The minimum Gasteiger partial charge on any atom is -0.481 e. The lowest BCUT2D eigenvalue weighted by Gasteiger charge is -2.14. The average Bonchev–Trinajstić information content (AvgIpc) is 2.79. The first-order valence-electron chi connectivity index (χ1n) is 6.28. The molecule has 1 N–H and O–H groups in total. The van der Waals surface area contributed by atoms with Crippen LogP contribution in [-0.2, 0) is 11.3 Å². The van der Waals surface area contributed by atoms with Crippen molar-refractivity contribution in [1.82, 2.24) is 20.2 Å². The highest BCUT2D eigenvalue weighted by Crippen LogP contribution is 2.19. The number of carbonyl (C=O) groups is 1. The quantitative estimate of drug-likeness (QED) is 0.693. The van der Waals surface area contributed by atoms with E-state index in [1.54, 1.807) is 4.68 Å². The fourth-order valence-corrected chi connectivity index (χ4v) is 2.31. The number of carboxylic acid groups (broad SMARTS) is 1. The molecule has 6 nitrogen and oxygen atoms in total. The second kappa shape index (κ2) is 8.07. The van der Waals surface area contributed by atoms with Crippen LogP contribution < -0.4 is 0 Å². The zero-order chi connectivity index (χ0) is 13.4. The van der Waals surface area contributed by atoms with Crippen LogP contribution in [0, 0.1) is 5.92 Å². The first-order valence-corrected chi connectivity index (χ1v) is 7.26. The van der Waals surface area contributed by atoms with Crippen molar-refractivity contribution in [3.63, 3.8) is 0 Å². The second-order valence-corrected chi connectivity index (χ2v) is 5.18. The zero-order valence-electron chi connectivity index (χ0n) is 10.9. The molecule has 102 valence electrons. The molecule has 0 radical (unpaired) electrons. The number of tetrazole rings is 1. The first kappa shape index (κ1) is 14.9. The summed E-state index contributed by atoms with van der Waals surface area (Å²) in [6.45, 7) is 5.11. The van der Waals surface area contributed by atoms with Crippen molar-refractivity contribution in [3.05, 3.63) is 0 Å². The average molecular weight is 272 g/mol. The summed E-state index contributed by atoms with van der Waals surface area (Å²) >= 11 is 1.17. The Morgan fingerprint density at radius 2 is 2.28 bits per heavy atom. The summed E-state index contributed by atoms with van der Waals surface area (Å²) in [6, 6.07) is 0. The van der Waals surface area contributed by atoms with Gasteiger partial charge in [-0.2, -0.15) is 0 Å². The number of unbranched alkanes of at least 4 members (excludes halogenated alkanes) is 1. The van der Waals surface area contributed by atoms with Gasteiger partial charge in [-0.1, -0.05) is 44.9 Å². The molecule has 0 aliphatic carbocycles. The van der Waals surface area contributed by atoms with Gasteiger partial charge in [0.05, 0.1) is 5.75 Å². The molecule has 1 aromatic rings.